The van der Waals surface area contributed by atoms with Gasteiger partial charge in [0.05, 0.1) is 0 Å². The van der Waals surface area contributed by atoms with Crippen LogP contribution in [0.3, 0.4) is 0 Å². The van der Waals surface area contributed by atoms with E-state index < -0.39 is 10.0 Å². The molecule has 0 saturated heterocycles. The van der Waals surface area contributed by atoms with E-state index in [1.807, 2.05) is 0 Å². The number of hydrogen-bond acceptors (Lipinski definition) is 6. The summed E-state index contributed by atoms with van der Waals surface area (Å²) in [6, 6.07) is 10.0. The van der Waals surface area contributed by atoms with Crippen LogP contribution in [0, 0.1) is 6.92 Å². The van der Waals surface area contributed by atoms with Crippen LogP contribution in [0.4, 0.5) is 5.69 Å². The highest BCUT2D eigenvalue weighted by molar-refractivity contribution is 7.94. The Kier molecular flexibility index (Phi) is 3.48. The molecule has 0 aliphatic heterocycles. The van der Waals surface area contributed by atoms with Crippen molar-refractivity contribution in [1.82, 2.24) is 10.2 Å². The van der Waals surface area contributed by atoms with Gasteiger partial charge in [-0.2, -0.15) is 0 Å². The van der Waals surface area contributed by atoms with E-state index in [1.54, 1.807) is 48.7 Å². The smallest absolute Gasteiger partial charge is 0.271 e. The zero-order chi connectivity index (χ0) is 14.9. The maximum Gasteiger partial charge on any atom is 0.271 e. The molecule has 0 atom stereocenters. The first-order valence-corrected chi connectivity index (χ1v) is 8.38. The molecule has 0 radical (unpaired) electrons. The van der Waals surface area contributed by atoms with Gasteiger partial charge < -0.3 is 4.42 Å². The fourth-order valence-electron chi connectivity index (χ4n) is 1.72. The van der Waals surface area contributed by atoms with Gasteiger partial charge in [-0.15, -0.1) is 21.5 Å². The summed E-state index contributed by atoms with van der Waals surface area (Å²) in [6.45, 7) is 1.71. The van der Waals surface area contributed by atoms with Crippen LogP contribution in [0.15, 0.2) is 50.4 Å². The topological polar surface area (TPSA) is 85.1 Å². The predicted octanol–water partition coefficient (Wildman–Crippen LogP) is 2.91. The minimum Gasteiger partial charge on any atom is -0.421 e. The molecule has 0 spiro atoms. The van der Waals surface area contributed by atoms with Gasteiger partial charge in [0.25, 0.3) is 10.0 Å². The minimum absolute atomic E-state index is 0.277. The molecule has 0 aliphatic rings. The first-order chi connectivity index (χ1) is 10.0. The first kappa shape index (κ1) is 13.8. The van der Waals surface area contributed by atoms with Crippen LogP contribution < -0.4 is 4.72 Å². The lowest BCUT2D eigenvalue weighted by Crippen LogP contribution is -2.11. The Morgan fingerprint density at radius 2 is 1.90 bits per heavy atom. The van der Waals surface area contributed by atoms with E-state index in [2.05, 4.69) is 14.9 Å². The molecular weight excluding hydrogens is 310 g/mol. The number of anilines is 1. The molecule has 0 bridgehead atoms. The molecule has 1 aromatic carbocycles. The zero-order valence-electron chi connectivity index (χ0n) is 11.0. The quantitative estimate of drug-likeness (QED) is 0.798. The van der Waals surface area contributed by atoms with E-state index in [0.717, 1.165) is 5.56 Å². The van der Waals surface area contributed by atoms with Gasteiger partial charge in [0, 0.05) is 18.2 Å². The lowest BCUT2D eigenvalue weighted by atomic mass is 10.2. The molecule has 2 aromatic heterocycles. The van der Waals surface area contributed by atoms with Gasteiger partial charge in [0.15, 0.2) is 0 Å². The van der Waals surface area contributed by atoms with Crippen LogP contribution in [0.25, 0.3) is 11.5 Å². The van der Waals surface area contributed by atoms with Crippen molar-refractivity contribution in [3.05, 3.63) is 47.7 Å². The van der Waals surface area contributed by atoms with Crippen molar-refractivity contribution in [3.8, 4) is 11.5 Å². The molecule has 0 amide bonds. The number of benzene rings is 1. The van der Waals surface area contributed by atoms with Crippen molar-refractivity contribution in [2.45, 2.75) is 11.1 Å². The molecule has 0 aliphatic carbocycles. The summed E-state index contributed by atoms with van der Waals surface area (Å²) in [5.41, 5.74) is 1.21. The maximum absolute atomic E-state index is 12.1. The summed E-state index contributed by atoms with van der Waals surface area (Å²) in [5.74, 6) is 0.882. The van der Waals surface area contributed by atoms with Gasteiger partial charge in [-0.25, -0.2) is 8.42 Å². The van der Waals surface area contributed by atoms with Gasteiger partial charge in [0.2, 0.25) is 11.8 Å². The summed E-state index contributed by atoms with van der Waals surface area (Å²) in [4.78, 5) is 0. The van der Waals surface area contributed by atoms with Crippen molar-refractivity contribution >= 4 is 27.0 Å². The fourth-order valence-corrected chi connectivity index (χ4v) is 3.77. The maximum atomic E-state index is 12.1. The Balaban J connectivity index is 1.82. The average molecular weight is 321 g/mol. The average Bonchev–Trinajstić information content (AvgIpc) is 3.10. The summed E-state index contributed by atoms with van der Waals surface area (Å²) in [7, 11) is -3.53. The van der Waals surface area contributed by atoms with Gasteiger partial charge in [-0.05, 0) is 35.7 Å². The van der Waals surface area contributed by atoms with Crippen molar-refractivity contribution in [2.24, 2.45) is 0 Å². The van der Waals surface area contributed by atoms with Crippen molar-refractivity contribution in [3.63, 3.8) is 0 Å². The van der Waals surface area contributed by atoms with Crippen LogP contribution in [0.5, 0.6) is 0 Å². The molecule has 3 rings (SSSR count). The fraction of sp³-hybridized carbons (Fsp3) is 0.0769. The molecule has 6 nitrogen and oxygen atoms in total. The largest absolute Gasteiger partial charge is 0.421 e. The Bertz CT molecular complexity index is 837. The van der Waals surface area contributed by atoms with Gasteiger partial charge in [-0.3, -0.25) is 4.72 Å². The number of aryl methyl sites for hydroxylation is 1. The number of hydrogen-bond donors (Lipinski definition) is 1. The number of nitrogens with one attached hydrogen (secondary N) is 1. The summed E-state index contributed by atoms with van der Waals surface area (Å²) >= 11 is 1.17. The van der Waals surface area contributed by atoms with Gasteiger partial charge in [-0.1, -0.05) is 6.07 Å². The highest BCUT2D eigenvalue weighted by Gasteiger charge is 2.15. The molecular formula is C13H11N3O3S2. The van der Waals surface area contributed by atoms with Crippen molar-refractivity contribution in [2.75, 3.05) is 4.72 Å². The van der Waals surface area contributed by atoms with E-state index in [9.17, 15) is 8.42 Å². The van der Waals surface area contributed by atoms with E-state index in [0.29, 0.717) is 17.5 Å². The van der Waals surface area contributed by atoms with E-state index in [-0.39, 0.29) is 4.21 Å². The monoisotopic (exact) mass is 321 g/mol. The highest BCUT2D eigenvalue weighted by atomic mass is 32.2. The second-order valence-electron chi connectivity index (χ2n) is 4.24. The Labute approximate surface area is 125 Å². The third-order valence-electron chi connectivity index (χ3n) is 2.67. The zero-order valence-corrected chi connectivity index (χ0v) is 12.6. The molecule has 0 fully saturated rings. The Morgan fingerprint density at radius 3 is 2.48 bits per heavy atom. The Morgan fingerprint density at radius 1 is 1.14 bits per heavy atom. The first-order valence-electron chi connectivity index (χ1n) is 6.01. The second kappa shape index (κ2) is 5.30. The predicted molar refractivity (Wildman–Crippen MR) is 79.6 cm³/mol. The standard InChI is InChI=1S/C13H11N3O3S2/c1-9-14-15-13(19-9)10-4-6-11(7-5-10)16-21(17,18)12-3-2-8-20-12/h2-8,16H,1H3. The van der Waals surface area contributed by atoms with E-state index in [4.69, 9.17) is 4.42 Å². The number of rotatable bonds is 4. The third-order valence-corrected chi connectivity index (χ3v) is 5.45. The third kappa shape index (κ3) is 2.96. The second-order valence-corrected chi connectivity index (χ2v) is 7.10. The number of aromatic nitrogens is 2. The number of thiophene rings is 1. The van der Waals surface area contributed by atoms with E-state index >= 15 is 0 Å². The molecule has 108 valence electrons. The number of sulfonamides is 1. The van der Waals surface area contributed by atoms with E-state index in [1.165, 1.54) is 11.3 Å². The summed E-state index contributed by atoms with van der Waals surface area (Å²) in [5, 5.41) is 9.38. The van der Waals surface area contributed by atoms with Crippen LogP contribution in [-0.4, -0.2) is 18.6 Å². The molecule has 3 aromatic rings. The SMILES string of the molecule is Cc1nnc(-c2ccc(NS(=O)(=O)c3cccs3)cc2)o1. The van der Waals surface area contributed by atoms with Crippen LogP contribution in [0.1, 0.15) is 5.89 Å². The lowest BCUT2D eigenvalue weighted by Gasteiger charge is -2.06. The minimum atomic E-state index is -3.53. The van der Waals surface area contributed by atoms with Gasteiger partial charge in [0.1, 0.15) is 4.21 Å². The normalized spacial score (nSPS) is 11.5. The van der Waals surface area contributed by atoms with Crippen molar-refractivity contribution in [1.29, 1.82) is 0 Å². The highest BCUT2D eigenvalue weighted by Crippen LogP contribution is 2.23. The van der Waals surface area contributed by atoms with Gasteiger partial charge >= 0.3 is 0 Å². The molecule has 2 heterocycles. The number of nitrogens with zero attached hydrogens (tertiary/aromatic N) is 2. The van der Waals surface area contributed by atoms with Crippen LogP contribution >= 0.6 is 11.3 Å². The summed E-state index contributed by atoms with van der Waals surface area (Å²) in [6.07, 6.45) is 0. The molecule has 21 heavy (non-hydrogen) atoms. The molecule has 0 unspecified atom stereocenters. The Hall–Kier alpha value is -2.19. The lowest BCUT2D eigenvalue weighted by molar-refractivity contribution is 0.533. The molecule has 8 heteroatoms. The van der Waals surface area contributed by atoms with Crippen molar-refractivity contribution < 1.29 is 12.8 Å². The molecule has 0 saturated carbocycles. The summed E-state index contributed by atoms with van der Waals surface area (Å²) < 4.78 is 32.3. The van der Waals surface area contributed by atoms with Crippen LogP contribution in [0.2, 0.25) is 0 Å². The van der Waals surface area contributed by atoms with Crippen LogP contribution in [-0.2, 0) is 10.0 Å². The molecule has 1 N–H and O–H groups in total.